The molecule has 1 aromatic carbocycles. The summed E-state index contributed by atoms with van der Waals surface area (Å²) >= 11 is 3.46. The van der Waals surface area contributed by atoms with Crippen LogP contribution in [0.15, 0.2) is 41.8 Å². The Bertz CT molecular complexity index is 1050. The van der Waals surface area contributed by atoms with Crippen molar-refractivity contribution in [1.29, 1.82) is 0 Å². The molecule has 0 saturated heterocycles. The van der Waals surface area contributed by atoms with E-state index >= 15 is 0 Å². The van der Waals surface area contributed by atoms with Gasteiger partial charge in [-0.2, -0.15) is 0 Å². The number of hydrogen-bond donors (Lipinski definition) is 0. The Morgan fingerprint density at radius 1 is 1.08 bits per heavy atom. The molecule has 4 rings (SSSR count). The molecule has 3 nitrogen and oxygen atoms in total. The van der Waals surface area contributed by atoms with Crippen LogP contribution in [0.3, 0.4) is 0 Å². The second kappa shape index (κ2) is 6.00. The fourth-order valence-electron chi connectivity index (χ4n) is 2.76. The van der Waals surface area contributed by atoms with Crippen LogP contribution in [0.1, 0.15) is 26.3 Å². The Morgan fingerprint density at radius 3 is 2.58 bits per heavy atom. The monoisotopic (exact) mass is 351 g/mol. The summed E-state index contributed by atoms with van der Waals surface area (Å²) in [4.78, 5) is 12.1. The van der Waals surface area contributed by atoms with Crippen LogP contribution in [0.4, 0.5) is 0 Å². The number of hydrogen-bond acceptors (Lipinski definition) is 4. The Labute approximate surface area is 149 Å². The molecular formula is C19H17N3S2. The molecular weight excluding hydrogens is 334 g/mol. The molecule has 0 aliphatic rings. The van der Waals surface area contributed by atoms with E-state index < -0.39 is 0 Å². The van der Waals surface area contributed by atoms with Crippen LogP contribution in [0.25, 0.3) is 22.7 Å². The lowest BCUT2D eigenvalue weighted by molar-refractivity contribution is 0.922. The molecule has 0 aliphatic carbocycles. The molecule has 120 valence electrons. The molecule has 0 amide bonds. The maximum absolute atomic E-state index is 4.87. The van der Waals surface area contributed by atoms with Gasteiger partial charge in [0.05, 0.1) is 16.6 Å². The molecule has 24 heavy (non-hydrogen) atoms. The average molecular weight is 352 g/mol. The van der Waals surface area contributed by atoms with Crippen molar-refractivity contribution in [2.24, 2.45) is 7.05 Å². The Balaban J connectivity index is 1.94. The standard InChI is InChI=1S/C19H17N3S2/c1-12-11-23-19(20-12)15(10-14-9-8-13(2)24-14)18-21-16-6-4-5-7-17(16)22(18)3/h4-11H,1-3H3/b15-10-. The number of para-hydroxylation sites is 2. The highest BCUT2D eigenvalue weighted by Crippen LogP contribution is 2.31. The quantitative estimate of drug-likeness (QED) is 0.501. The average Bonchev–Trinajstić information content (AvgIpc) is 3.26. The van der Waals surface area contributed by atoms with Gasteiger partial charge >= 0.3 is 0 Å². The van der Waals surface area contributed by atoms with E-state index in [0.717, 1.165) is 33.1 Å². The molecule has 0 aliphatic heterocycles. The van der Waals surface area contributed by atoms with Crippen LogP contribution in [0.5, 0.6) is 0 Å². The third kappa shape index (κ3) is 2.70. The molecule has 0 unspecified atom stereocenters. The van der Waals surface area contributed by atoms with Crippen LogP contribution in [-0.4, -0.2) is 14.5 Å². The number of thiophene rings is 1. The minimum absolute atomic E-state index is 0.955. The van der Waals surface area contributed by atoms with Crippen molar-refractivity contribution in [1.82, 2.24) is 14.5 Å². The van der Waals surface area contributed by atoms with E-state index in [9.17, 15) is 0 Å². The molecule has 5 heteroatoms. The summed E-state index contributed by atoms with van der Waals surface area (Å²) in [6.07, 6.45) is 2.21. The largest absolute Gasteiger partial charge is 0.327 e. The topological polar surface area (TPSA) is 30.7 Å². The number of nitrogens with zero attached hydrogens (tertiary/aromatic N) is 3. The second-order valence-electron chi connectivity index (χ2n) is 5.78. The third-order valence-corrected chi connectivity index (χ3v) is 5.87. The zero-order valence-electron chi connectivity index (χ0n) is 13.8. The number of imidazole rings is 1. The van der Waals surface area contributed by atoms with Crippen molar-refractivity contribution in [3.8, 4) is 0 Å². The highest BCUT2D eigenvalue weighted by molar-refractivity contribution is 7.13. The summed E-state index contributed by atoms with van der Waals surface area (Å²) in [5, 5.41) is 3.10. The summed E-state index contributed by atoms with van der Waals surface area (Å²) in [6.45, 7) is 4.16. The predicted molar refractivity (Wildman–Crippen MR) is 104 cm³/mol. The van der Waals surface area contributed by atoms with Gasteiger partial charge in [-0.15, -0.1) is 22.7 Å². The van der Waals surface area contributed by atoms with E-state index in [-0.39, 0.29) is 0 Å². The van der Waals surface area contributed by atoms with Gasteiger partial charge in [0.2, 0.25) is 0 Å². The van der Waals surface area contributed by atoms with Crippen molar-refractivity contribution in [3.05, 3.63) is 68.1 Å². The highest BCUT2D eigenvalue weighted by Gasteiger charge is 2.17. The van der Waals surface area contributed by atoms with Crippen LogP contribution >= 0.6 is 22.7 Å². The molecule has 0 radical (unpaired) electrons. The Kier molecular flexibility index (Phi) is 3.82. The first kappa shape index (κ1) is 15.3. The van der Waals surface area contributed by atoms with Crippen molar-refractivity contribution in [2.45, 2.75) is 13.8 Å². The van der Waals surface area contributed by atoms with E-state index in [1.807, 2.05) is 19.1 Å². The SMILES string of the molecule is Cc1csc(/C(=C\c2ccc(C)s2)c2nc3ccccc3n2C)n1. The summed E-state index contributed by atoms with van der Waals surface area (Å²) < 4.78 is 2.15. The number of benzene rings is 1. The molecule has 3 heterocycles. The minimum Gasteiger partial charge on any atom is -0.327 e. The number of aryl methyl sites for hydroxylation is 3. The molecule has 0 bridgehead atoms. The van der Waals surface area contributed by atoms with Gasteiger partial charge in [0.15, 0.2) is 0 Å². The first-order chi connectivity index (χ1) is 11.6. The second-order valence-corrected chi connectivity index (χ2v) is 7.96. The first-order valence-corrected chi connectivity index (χ1v) is 9.44. The first-order valence-electron chi connectivity index (χ1n) is 7.74. The van der Waals surface area contributed by atoms with Gasteiger partial charge in [-0.05, 0) is 44.2 Å². The smallest absolute Gasteiger partial charge is 0.143 e. The number of rotatable bonds is 3. The van der Waals surface area contributed by atoms with Crippen molar-refractivity contribution >= 4 is 45.4 Å². The molecule has 0 atom stereocenters. The van der Waals surface area contributed by atoms with Crippen molar-refractivity contribution < 1.29 is 0 Å². The summed E-state index contributed by atoms with van der Waals surface area (Å²) in [6, 6.07) is 12.5. The van der Waals surface area contributed by atoms with Gasteiger partial charge in [-0.25, -0.2) is 9.97 Å². The van der Waals surface area contributed by atoms with E-state index in [1.165, 1.54) is 9.75 Å². The number of fused-ring (bicyclic) bond motifs is 1. The van der Waals surface area contributed by atoms with Gasteiger partial charge in [-0.1, -0.05) is 12.1 Å². The normalized spacial score (nSPS) is 12.2. The van der Waals surface area contributed by atoms with Gasteiger partial charge in [0.1, 0.15) is 10.8 Å². The van der Waals surface area contributed by atoms with Crippen molar-refractivity contribution in [2.75, 3.05) is 0 Å². The Hall–Kier alpha value is -2.24. The molecule has 4 aromatic rings. The van der Waals surface area contributed by atoms with Crippen molar-refractivity contribution in [3.63, 3.8) is 0 Å². The van der Waals surface area contributed by atoms with Gasteiger partial charge < -0.3 is 4.57 Å². The zero-order valence-corrected chi connectivity index (χ0v) is 15.4. The van der Waals surface area contributed by atoms with E-state index in [4.69, 9.17) is 9.97 Å². The van der Waals surface area contributed by atoms with Gasteiger partial charge in [0.25, 0.3) is 0 Å². The lowest BCUT2D eigenvalue weighted by Crippen LogP contribution is -1.98. The summed E-state index contributed by atoms with van der Waals surface area (Å²) in [5.41, 5.74) is 4.27. The lowest BCUT2D eigenvalue weighted by Gasteiger charge is -2.05. The number of thiazole rings is 1. The molecule has 0 fully saturated rings. The van der Waals surface area contributed by atoms with Crippen LogP contribution in [0, 0.1) is 13.8 Å². The maximum Gasteiger partial charge on any atom is 0.143 e. The fraction of sp³-hybridized carbons (Fsp3) is 0.158. The lowest BCUT2D eigenvalue weighted by atomic mass is 10.2. The van der Waals surface area contributed by atoms with Gasteiger partial charge in [-0.3, -0.25) is 0 Å². The highest BCUT2D eigenvalue weighted by atomic mass is 32.1. The minimum atomic E-state index is 0.955. The van der Waals surface area contributed by atoms with Crippen LogP contribution in [-0.2, 0) is 7.05 Å². The van der Waals surface area contributed by atoms with E-state index in [1.54, 1.807) is 22.7 Å². The predicted octanol–water partition coefficient (Wildman–Crippen LogP) is 5.30. The Morgan fingerprint density at radius 2 is 1.92 bits per heavy atom. The number of aromatic nitrogens is 3. The summed E-state index contributed by atoms with van der Waals surface area (Å²) in [5.74, 6) is 0.955. The summed E-state index contributed by atoms with van der Waals surface area (Å²) in [7, 11) is 2.07. The molecule has 0 saturated carbocycles. The molecule has 0 spiro atoms. The van der Waals surface area contributed by atoms with Crippen LogP contribution in [0.2, 0.25) is 0 Å². The third-order valence-electron chi connectivity index (χ3n) is 3.93. The van der Waals surface area contributed by atoms with Crippen LogP contribution < -0.4 is 0 Å². The van der Waals surface area contributed by atoms with Gasteiger partial charge in [0, 0.05) is 27.9 Å². The molecule has 0 N–H and O–H groups in total. The molecule has 3 aromatic heterocycles. The zero-order chi connectivity index (χ0) is 16.7. The van der Waals surface area contributed by atoms with E-state index in [0.29, 0.717) is 0 Å². The van der Waals surface area contributed by atoms with E-state index in [2.05, 4.69) is 54.3 Å². The fourth-order valence-corrected chi connectivity index (χ4v) is 4.39. The maximum atomic E-state index is 4.87.